The number of ketones is 1. The second-order valence-electron chi connectivity index (χ2n) is 4.23. The number of hydrogen-bond acceptors (Lipinski definition) is 5. The predicted molar refractivity (Wildman–Crippen MR) is 58.2 cm³/mol. The van der Waals surface area contributed by atoms with Crippen LogP contribution in [0.15, 0.2) is 27.5 Å². The van der Waals surface area contributed by atoms with Crippen molar-refractivity contribution in [3.05, 3.63) is 24.5 Å². The number of furan rings is 1. The molecule has 0 radical (unpaired) electrons. The lowest BCUT2D eigenvalue weighted by Gasteiger charge is -2.16. The van der Waals surface area contributed by atoms with Crippen molar-refractivity contribution in [2.24, 2.45) is 0 Å². The van der Waals surface area contributed by atoms with E-state index in [0.29, 0.717) is 18.1 Å². The fourth-order valence-corrected chi connectivity index (χ4v) is 2.13. The van der Waals surface area contributed by atoms with Crippen molar-refractivity contribution >= 4 is 5.78 Å². The molecule has 0 spiro atoms. The molecule has 1 unspecified atom stereocenters. The van der Waals surface area contributed by atoms with Crippen LogP contribution in [0.1, 0.15) is 37.5 Å². The summed E-state index contributed by atoms with van der Waals surface area (Å²) in [6.45, 7) is 0. The van der Waals surface area contributed by atoms with Gasteiger partial charge in [0.25, 0.3) is 0 Å². The lowest BCUT2D eigenvalue weighted by Crippen LogP contribution is -2.17. The molecule has 17 heavy (non-hydrogen) atoms. The van der Waals surface area contributed by atoms with Gasteiger partial charge in [0.05, 0.1) is 17.7 Å². The predicted octanol–water partition coefficient (Wildman–Crippen LogP) is 2.56. The SMILES string of the molecule is O=C1CCCCC1c1nc(-c2ccoc2)no1. The Kier molecular flexibility index (Phi) is 2.51. The first-order valence-corrected chi connectivity index (χ1v) is 5.73. The van der Waals surface area contributed by atoms with E-state index in [2.05, 4.69) is 10.1 Å². The normalized spacial score (nSPS) is 20.7. The second kappa shape index (κ2) is 4.16. The summed E-state index contributed by atoms with van der Waals surface area (Å²) in [5.74, 6) is 0.911. The summed E-state index contributed by atoms with van der Waals surface area (Å²) >= 11 is 0. The van der Waals surface area contributed by atoms with Gasteiger partial charge in [0, 0.05) is 6.42 Å². The largest absolute Gasteiger partial charge is 0.472 e. The average molecular weight is 232 g/mol. The molecule has 5 heteroatoms. The van der Waals surface area contributed by atoms with Crippen LogP contribution in [-0.4, -0.2) is 15.9 Å². The number of carbonyl (C=O) groups is 1. The minimum Gasteiger partial charge on any atom is -0.472 e. The first kappa shape index (κ1) is 10.3. The summed E-state index contributed by atoms with van der Waals surface area (Å²) in [7, 11) is 0. The lowest BCUT2D eigenvalue weighted by molar-refractivity contribution is -0.122. The number of Topliss-reactive ketones (excluding diaryl/α,β-unsaturated/α-hetero) is 1. The third kappa shape index (κ3) is 1.88. The summed E-state index contributed by atoms with van der Waals surface area (Å²) in [6, 6.07) is 1.76. The smallest absolute Gasteiger partial charge is 0.237 e. The molecule has 5 nitrogen and oxygen atoms in total. The zero-order valence-corrected chi connectivity index (χ0v) is 9.26. The van der Waals surface area contributed by atoms with Crippen LogP contribution in [0.3, 0.4) is 0 Å². The molecule has 2 heterocycles. The van der Waals surface area contributed by atoms with Crippen molar-refractivity contribution in [3.8, 4) is 11.4 Å². The molecule has 2 aromatic rings. The van der Waals surface area contributed by atoms with E-state index in [0.717, 1.165) is 24.8 Å². The van der Waals surface area contributed by atoms with Crippen molar-refractivity contribution < 1.29 is 13.7 Å². The molecule has 0 bridgehead atoms. The van der Waals surface area contributed by atoms with E-state index in [1.165, 1.54) is 0 Å². The molecule has 1 saturated carbocycles. The minimum absolute atomic E-state index is 0.207. The van der Waals surface area contributed by atoms with Gasteiger partial charge in [0.1, 0.15) is 12.0 Å². The molecule has 0 aliphatic heterocycles. The van der Waals surface area contributed by atoms with E-state index < -0.39 is 0 Å². The van der Waals surface area contributed by atoms with Crippen molar-refractivity contribution in [3.63, 3.8) is 0 Å². The maximum absolute atomic E-state index is 11.7. The molecular formula is C12H12N2O3. The number of aromatic nitrogens is 2. The van der Waals surface area contributed by atoms with E-state index in [1.54, 1.807) is 18.6 Å². The highest BCUT2D eigenvalue weighted by atomic mass is 16.5. The molecule has 0 amide bonds. The average Bonchev–Trinajstić information content (AvgIpc) is 3.00. The van der Waals surface area contributed by atoms with Gasteiger partial charge in [-0.15, -0.1) is 0 Å². The number of nitrogens with zero attached hydrogens (tertiary/aromatic N) is 2. The Balaban J connectivity index is 1.87. The number of hydrogen-bond donors (Lipinski definition) is 0. The van der Waals surface area contributed by atoms with Crippen molar-refractivity contribution in [2.75, 3.05) is 0 Å². The molecule has 0 aromatic carbocycles. The molecule has 1 atom stereocenters. The zero-order valence-electron chi connectivity index (χ0n) is 9.26. The Morgan fingerprint density at radius 2 is 2.29 bits per heavy atom. The molecular weight excluding hydrogens is 220 g/mol. The highest BCUT2D eigenvalue weighted by molar-refractivity contribution is 5.85. The molecule has 1 fully saturated rings. The molecule has 1 aliphatic carbocycles. The Hall–Kier alpha value is -1.91. The number of rotatable bonds is 2. The fourth-order valence-electron chi connectivity index (χ4n) is 2.13. The van der Waals surface area contributed by atoms with E-state index in [4.69, 9.17) is 8.94 Å². The second-order valence-corrected chi connectivity index (χ2v) is 4.23. The van der Waals surface area contributed by atoms with Crippen LogP contribution in [0.25, 0.3) is 11.4 Å². The monoisotopic (exact) mass is 232 g/mol. The third-order valence-corrected chi connectivity index (χ3v) is 3.07. The third-order valence-electron chi connectivity index (χ3n) is 3.07. The van der Waals surface area contributed by atoms with Gasteiger partial charge in [-0.2, -0.15) is 4.98 Å². The molecule has 3 rings (SSSR count). The molecule has 1 aliphatic rings. The summed E-state index contributed by atoms with van der Waals surface area (Å²) in [5.41, 5.74) is 0.767. The maximum Gasteiger partial charge on any atom is 0.237 e. The van der Waals surface area contributed by atoms with Gasteiger partial charge in [-0.1, -0.05) is 11.6 Å². The van der Waals surface area contributed by atoms with Crippen LogP contribution >= 0.6 is 0 Å². The van der Waals surface area contributed by atoms with Crippen molar-refractivity contribution in [2.45, 2.75) is 31.6 Å². The first-order chi connectivity index (χ1) is 8.34. The Morgan fingerprint density at radius 1 is 1.35 bits per heavy atom. The van der Waals surface area contributed by atoms with E-state index in [9.17, 15) is 4.79 Å². The van der Waals surface area contributed by atoms with Crippen LogP contribution in [0, 0.1) is 0 Å². The van der Waals surface area contributed by atoms with Gasteiger partial charge >= 0.3 is 0 Å². The quantitative estimate of drug-likeness (QED) is 0.795. The van der Waals surface area contributed by atoms with Gasteiger partial charge in [-0.25, -0.2) is 0 Å². The standard InChI is InChI=1S/C12H12N2O3/c15-10-4-2-1-3-9(10)12-13-11(14-17-12)8-5-6-16-7-8/h5-7,9H,1-4H2. The van der Waals surface area contributed by atoms with Crippen LogP contribution in [-0.2, 0) is 4.79 Å². The van der Waals surface area contributed by atoms with Crippen molar-refractivity contribution in [1.82, 2.24) is 10.1 Å². The Labute approximate surface area is 97.8 Å². The number of carbonyl (C=O) groups excluding carboxylic acids is 1. The highest BCUT2D eigenvalue weighted by Crippen LogP contribution is 2.30. The fraction of sp³-hybridized carbons (Fsp3) is 0.417. The summed E-state index contributed by atoms with van der Waals surface area (Å²) in [6.07, 6.45) is 6.55. The summed E-state index contributed by atoms with van der Waals surface area (Å²) in [5, 5.41) is 3.87. The van der Waals surface area contributed by atoms with Crippen LogP contribution in [0.4, 0.5) is 0 Å². The summed E-state index contributed by atoms with van der Waals surface area (Å²) < 4.78 is 10.1. The van der Waals surface area contributed by atoms with Gasteiger partial charge in [0.15, 0.2) is 0 Å². The van der Waals surface area contributed by atoms with Crippen LogP contribution in [0.5, 0.6) is 0 Å². The van der Waals surface area contributed by atoms with E-state index >= 15 is 0 Å². The topological polar surface area (TPSA) is 69.1 Å². The zero-order chi connectivity index (χ0) is 11.7. The molecule has 2 aromatic heterocycles. The Bertz CT molecular complexity index is 516. The minimum atomic E-state index is -0.211. The molecule has 88 valence electrons. The van der Waals surface area contributed by atoms with E-state index in [-0.39, 0.29) is 11.7 Å². The van der Waals surface area contributed by atoms with Gasteiger partial charge in [-0.3, -0.25) is 4.79 Å². The molecule has 0 saturated heterocycles. The molecule has 0 N–H and O–H groups in total. The summed E-state index contributed by atoms with van der Waals surface area (Å²) in [4.78, 5) is 16.0. The van der Waals surface area contributed by atoms with Gasteiger partial charge < -0.3 is 8.94 Å². The lowest BCUT2D eigenvalue weighted by atomic mass is 9.88. The highest BCUT2D eigenvalue weighted by Gasteiger charge is 2.29. The first-order valence-electron chi connectivity index (χ1n) is 5.73. The van der Waals surface area contributed by atoms with Crippen LogP contribution < -0.4 is 0 Å². The van der Waals surface area contributed by atoms with E-state index in [1.807, 2.05) is 0 Å². The Morgan fingerprint density at radius 3 is 3.06 bits per heavy atom. The van der Waals surface area contributed by atoms with Gasteiger partial charge in [0.2, 0.25) is 11.7 Å². The van der Waals surface area contributed by atoms with Crippen LogP contribution in [0.2, 0.25) is 0 Å². The van der Waals surface area contributed by atoms with Gasteiger partial charge in [-0.05, 0) is 18.9 Å². The van der Waals surface area contributed by atoms with Crippen molar-refractivity contribution in [1.29, 1.82) is 0 Å². The maximum atomic E-state index is 11.7.